The van der Waals surface area contributed by atoms with Gasteiger partial charge in [0.1, 0.15) is 11.6 Å². The van der Waals surface area contributed by atoms with Crippen molar-refractivity contribution < 1.29 is 13.6 Å². The molecule has 92 valence electrons. The molecule has 1 amide bonds. The Hall–Kier alpha value is -2.50. The Morgan fingerprint density at radius 2 is 2.00 bits per heavy atom. The van der Waals surface area contributed by atoms with E-state index in [1.54, 1.807) is 0 Å². The molecule has 1 aromatic carbocycles. The summed E-state index contributed by atoms with van der Waals surface area (Å²) >= 11 is 0. The third kappa shape index (κ3) is 2.60. The van der Waals surface area contributed by atoms with E-state index in [-0.39, 0.29) is 11.3 Å². The van der Waals surface area contributed by atoms with E-state index in [9.17, 15) is 13.6 Å². The van der Waals surface area contributed by atoms with Crippen molar-refractivity contribution in [1.82, 2.24) is 4.98 Å². The smallest absolute Gasteiger partial charge is 0.257 e. The molecule has 0 spiro atoms. The van der Waals surface area contributed by atoms with Crippen LogP contribution in [0.4, 0.5) is 20.2 Å². The molecular weight excluding hydrogens is 240 g/mol. The van der Waals surface area contributed by atoms with Gasteiger partial charge in [0.25, 0.3) is 5.91 Å². The first kappa shape index (κ1) is 12.0. The molecule has 0 unspecified atom stereocenters. The molecule has 2 rings (SSSR count). The summed E-state index contributed by atoms with van der Waals surface area (Å²) in [4.78, 5) is 15.5. The lowest BCUT2D eigenvalue weighted by Crippen LogP contribution is -2.13. The number of nitrogens with two attached hydrogens (primary N) is 1. The van der Waals surface area contributed by atoms with Crippen molar-refractivity contribution in [3.8, 4) is 0 Å². The zero-order valence-electron chi connectivity index (χ0n) is 9.15. The van der Waals surface area contributed by atoms with Crippen molar-refractivity contribution in [2.45, 2.75) is 0 Å². The number of hydrogen-bond donors (Lipinski definition) is 2. The maximum Gasteiger partial charge on any atom is 0.257 e. The average molecular weight is 249 g/mol. The highest BCUT2D eigenvalue weighted by atomic mass is 19.1. The molecular formula is C12H9F2N3O. The maximum atomic E-state index is 13.3. The number of amides is 1. The van der Waals surface area contributed by atoms with Crippen LogP contribution in [-0.2, 0) is 0 Å². The van der Waals surface area contributed by atoms with Crippen LogP contribution in [0.5, 0.6) is 0 Å². The highest BCUT2D eigenvalue weighted by Crippen LogP contribution is 2.16. The standard InChI is InChI=1S/C12H9F2N3O/c13-8-1-2-11(10(14)4-8)17-12(18)7-3-9(15)6-16-5-7/h1-6H,15H2,(H,17,18). The van der Waals surface area contributed by atoms with Crippen LogP contribution in [0, 0.1) is 11.6 Å². The number of hydrogen-bond acceptors (Lipinski definition) is 3. The van der Waals surface area contributed by atoms with Crippen LogP contribution in [0.2, 0.25) is 0 Å². The van der Waals surface area contributed by atoms with Crippen LogP contribution in [0.25, 0.3) is 0 Å². The second-order valence-corrected chi connectivity index (χ2v) is 3.59. The number of aromatic nitrogens is 1. The molecule has 0 aliphatic heterocycles. The van der Waals surface area contributed by atoms with E-state index in [0.717, 1.165) is 12.1 Å². The molecule has 3 N–H and O–H groups in total. The summed E-state index contributed by atoms with van der Waals surface area (Å²) in [6.07, 6.45) is 2.68. The highest BCUT2D eigenvalue weighted by molar-refractivity contribution is 6.04. The van der Waals surface area contributed by atoms with Crippen LogP contribution in [0.3, 0.4) is 0 Å². The third-order valence-electron chi connectivity index (χ3n) is 2.20. The lowest BCUT2D eigenvalue weighted by Gasteiger charge is -2.06. The summed E-state index contributed by atoms with van der Waals surface area (Å²) in [6, 6.07) is 4.29. The van der Waals surface area contributed by atoms with Crippen LogP contribution >= 0.6 is 0 Å². The molecule has 0 saturated heterocycles. The van der Waals surface area contributed by atoms with Gasteiger partial charge in [-0.25, -0.2) is 8.78 Å². The molecule has 1 heterocycles. The fourth-order valence-corrected chi connectivity index (χ4v) is 1.37. The molecule has 0 bridgehead atoms. The number of nitrogens with one attached hydrogen (secondary N) is 1. The van der Waals surface area contributed by atoms with Gasteiger partial charge >= 0.3 is 0 Å². The van der Waals surface area contributed by atoms with E-state index < -0.39 is 17.5 Å². The molecule has 0 fully saturated rings. The first-order valence-corrected chi connectivity index (χ1v) is 5.03. The molecule has 0 saturated carbocycles. The number of halogens is 2. The predicted molar refractivity (Wildman–Crippen MR) is 63.0 cm³/mol. The molecule has 4 nitrogen and oxygen atoms in total. The number of anilines is 2. The lowest BCUT2D eigenvalue weighted by atomic mass is 10.2. The number of pyridine rings is 1. The van der Waals surface area contributed by atoms with Crippen LogP contribution in [0.15, 0.2) is 36.7 Å². The number of carbonyl (C=O) groups is 1. The second kappa shape index (κ2) is 4.79. The Labute approximate surface area is 101 Å². The summed E-state index contributed by atoms with van der Waals surface area (Å²) in [5.41, 5.74) is 5.88. The van der Waals surface area contributed by atoms with Gasteiger partial charge < -0.3 is 11.1 Å². The minimum absolute atomic E-state index is 0.108. The van der Waals surface area contributed by atoms with Gasteiger partial charge in [-0.2, -0.15) is 0 Å². The zero-order valence-corrected chi connectivity index (χ0v) is 9.15. The summed E-state index contributed by atoms with van der Waals surface area (Å²) in [5.74, 6) is -2.13. The van der Waals surface area contributed by atoms with Gasteiger partial charge in [-0.3, -0.25) is 9.78 Å². The summed E-state index contributed by atoms with van der Waals surface area (Å²) in [6.45, 7) is 0. The molecule has 2 aromatic rings. The SMILES string of the molecule is Nc1cncc(C(=O)Nc2ccc(F)cc2F)c1. The Morgan fingerprint density at radius 3 is 2.67 bits per heavy atom. The molecule has 18 heavy (non-hydrogen) atoms. The number of carbonyl (C=O) groups excluding carboxylic acids is 1. The van der Waals surface area contributed by atoms with Crippen LogP contribution in [0.1, 0.15) is 10.4 Å². The summed E-state index contributed by atoms with van der Waals surface area (Å²) < 4.78 is 26.0. The quantitative estimate of drug-likeness (QED) is 0.857. The summed E-state index contributed by atoms with van der Waals surface area (Å²) in [7, 11) is 0. The molecule has 0 atom stereocenters. The first-order valence-electron chi connectivity index (χ1n) is 5.03. The van der Waals surface area contributed by atoms with Crippen molar-refractivity contribution in [2.75, 3.05) is 11.1 Å². The van der Waals surface area contributed by atoms with Crippen molar-refractivity contribution in [1.29, 1.82) is 0 Å². The number of rotatable bonds is 2. The van der Waals surface area contributed by atoms with Gasteiger partial charge in [0.15, 0.2) is 0 Å². The normalized spacial score (nSPS) is 10.1. The number of benzene rings is 1. The van der Waals surface area contributed by atoms with Gasteiger partial charge in [-0.15, -0.1) is 0 Å². The molecule has 0 aliphatic carbocycles. The van der Waals surface area contributed by atoms with Gasteiger partial charge in [-0.05, 0) is 18.2 Å². The van der Waals surface area contributed by atoms with Gasteiger partial charge in [-0.1, -0.05) is 0 Å². The zero-order chi connectivity index (χ0) is 13.1. The molecule has 6 heteroatoms. The van der Waals surface area contributed by atoms with Crippen LogP contribution in [-0.4, -0.2) is 10.9 Å². The Bertz CT molecular complexity index is 602. The Kier molecular flexibility index (Phi) is 3.18. The summed E-state index contributed by atoms with van der Waals surface area (Å²) in [5, 5.41) is 2.30. The minimum atomic E-state index is -0.847. The Morgan fingerprint density at radius 1 is 1.22 bits per heavy atom. The van der Waals surface area contributed by atoms with E-state index in [0.29, 0.717) is 11.8 Å². The first-order chi connectivity index (χ1) is 8.56. The van der Waals surface area contributed by atoms with Crippen molar-refractivity contribution in [2.24, 2.45) is 0 Å². The van der Waals surface area contributed by atoms with Crippen molar-refractivity contribution in [3.63, 3.8) is 0 Å². The van der Waals surface area contributed by atoms with Crippen molar-refractivity contribution >= 4 is 17.3 Å². The average Bonchev–Trinajstić information content (AvgIpc) is 2.32. The lowest BCUT2D eigenvalue weighted by molar-refractivity contribution is 0.102. The highest BCUT2D eigenvalue weighted by Gasteiger charge is 2.10. The van der Waals surface area contributed by atoms with E-state index in [2.05, 4.69) is 10.3 Å². The van der Waals surface area contributed by atoms with E-state index in [1.165, 1.54) is 18.5 Å². The van der Waals surface area contributed by atoms with Crippen molar-refractivity contribution in [3.05, 3.63) is 53.9 Å². The fourth-order valence-electron chi connectivity index (χ4n) is 1.37. The monoisotopic (exact) mass is 249 g/mol. The van der Waals surface area contributed by atoms with Crippen LogP contribution < -0.4 is 11.1 Å². The van der Waals surface area contributed by atoms with Gasteiger partial charge in [0.05, 0.1) is 16.9 Å². The largest absolute Gasteiger partial charge is 0.397 e. The topological polar surface area (TPSA) is 68.0 Å². The Balaban J connectivity index is 2.21. The number of nitrogens with zero attached hydrogens (tertiary/aromatic N) is 1. The second-order valence-electron chi connectivity index (χ2n) is 3.59. The fraction of sp³-hybridized carbons (Fsp3) is 0. The van der Waals surface area contributed by atoms with E-state index in [1.807, 2.05) is 0 Å². The predicted octanol–water partition coefficient (Wildman–Crippen LogP) is 2.19. The third-order valence-corrected chi connectivity index (χ3v) is 2.20. The van der Waals surface area contributed by atoms with E-state index >= 15 is 0 Å². The van der Waals surface area contributed by atoms with Gasteiger partial charge in [0.2, 0.25) is 0 Å². The number of nitrogen functional groups attached to an aromatic ring is 1. The molecule has 0 aliphatic rings. The maximum absolute atomic E-state index is 13.3. The molecule has 1 aromatic heterocycles. The van der Waals surface area contributed by atoms with Gasteiger partial charge in [0, 0.05) is 18.5 Å². The minimum Gasteiger partial charge on any atom is -0.397 e. The molecule has 0 radical (unpaired) electrons. The van der Waals surface area contributed by atoms with E-state index in [4.69, 9.17) is 5.73 Å².